The van der Waals surface area contributed by atoms with Gasteiger partial charge in [-0.15, -0.1) is 0 Å². The predicted molar refractivity (Wildman–Crippen MR) is 70.4 cm³/mol. The maximum absolute atomic E-state index is 11.0. The van der Waals surface area contributed by atoms with Crippen molar-refractivity contribution in [3.63, 3.8) is 0 Å². The fourth-order valence-corrected chi connectivity index (χ4v) is 2.95. The Morgan fingerprint density at radius 1 is 1.41 bits per heavy atom. The topological polar surface area (TPSA) is 43.4 Å². The van der Waals surface area contributed by atoms with Crippen molar-refractivity contribution >= 4 is 31.3 Å². The van der Waals surface area contributed by atoms with E-state index >= 15 is 0 Å². The lowest BCUT2D eigenvalue weighted by Crippen LogP contribution is -2.18. The standard InChI is InChI=1S/C11H14Cl2O3S/c1-2-9(8-17(13,14)15)7-16-11-5-3-4-10(12)6-11/h3-6,9H,2,7-8H2,1H3. The van der Waals surface area contributed by atoms with Crippen LogP contribution in [-0.2, 0) is 9.05 Å². The van der Waals surface area contributed by atoms with Crippen LogP contribution in [0.5, 0.6) is 5.75 Å². The molecule has 0 fully saturated rings. The number of halogens is 2. The van der Waals surface area contributed by atoms with Gasteiger partial charge in [-0.3, -0.25) is 0 Å². The van der Waals surface area contributed by atoms with Crippen molar-refractivity contribution in [1.82, 2.24) is 0 Å². The second kappa shape index (κ2) is 6.47. The molecule has 1 aromatic rings. The van der Waals surface area contributed by atoms with E-state index in [-0.39, 0.29) is 11.7 Å². The molecule has 1 atom stereocenters. The molecule has 0 spiro atoms. The highest BCUT2D eigenvalue weighted by molar-refractivity contribution is 8.13. The van der Waals surface area contributed by atoms with Crippen LogP contribution < -0.4 is 4.74 Å². The first kappa shape index (κ1) is 14.6. The van der Waals surface area contributed by atoms with E-state index in [2.05, 4.69) is 0 Å². The molecule has 0 aliphatic rings. The van der Waals surface area contributed by atoms with Crippen LogP contribution in [0.15, 0.2) is 24.3 Å². The van der Waals surface area contributed by atoms with Gasteiger partial charge in [-0.05, 0) is 24.6 Å². The molecule has 17 heavy (non-hydrogen) atoms. The fraction of sp³-hybridized carbons (Fsp3) is 0.455. The van der Waals surface area contributed by atoms with Crippen molar-refractivity contribution in [3.05, 3.63) is 29.3 Å². The summed E-state index contributed by atoms with van der Waals surface area (Å²) in [5.41, 5.74) is 0. The molecule has 0 aliphatic heterocycles. The van der Waals surface area contributed by atoms with Crippen LogP contribution >= 0.6 is 22.3 Å². The average Bonchev–Trinajstić information content (AvgIpc) is 2.23. The molecule has 1 rings (SSSR count). The molecule has 0 saturated carbocycles. The highest BCUT2D eigenvalue weighted by Crippen LogP contribution is 2.19. The van der Waals surface area contributed by atoms with E-state index in [1.54, 1.807) is 24.3 Å². The van der Waals surface area contributed by atoms with Crippen molar-refractivity contribution in [2.24, 2.45) is 5.92 Å². The highest BCUT2D eigenvalue weighted by atomic mass is 35.7. The summed E-state index contributed by atoms with van der Waals surface area (Å²) < 4.78 is 27.4. The van der Waals surface area contributed by atoms with Gasteiger partial charge in [-0.1, -0.05) is 24.6 Å². The van der Waals surface area contributed by atoms with E-state index in [4.69, 9.17) is 27.0 Å². The zero-order chi connectivity index (χ0) is 12.9. The molecule has 0 saturated heterocycles. The molecule has 0 radical (unpaired) electrons. The first-order valence-electron chi connectivity index (χ1n) is 5.21. The SMILES string of the molecule is CCC(COc1cccc(Cl)c1)CS(=O)(=O)Cl. The van der Waals surface area contributed by atoms with E-state index in [1.807, 2.05) is 6.92 Å². The summed E-state index contributed by atoms with van der Waals surface area (Å²) in [5, 5.41) is 0.584. The first-order valence-corrected chi connectivity index (χ1v) is 8.07. The quantitative estimate of drug-likeness (QED) is 0.757. The normalized spacial score (nSPS) is 13.4. The van der Waals surface area contributed by atoms with Crippen LogP contribution in [0.3, 0.4) is 0 Å². The molecule has 0 bridgehead atoms. The number of benzene rings is 1. The summed E-state index contributed by atoms with van der Waals surface area (Å²) in [5.74, 6) is 0.436. The van der Waals surface area contributed by atoms with Crippen LogP contribution in [0.2, 0.25) is 5.02 Å². The van der Waals surface area contributed by atoms with Gasteiger partial charge in [0.25, 0.3) is 0 Å². The zero-order valence-corrected chi connectivity index (χ0v) is 11.7. The van der Waals surface area contributed by atoms with E-state index in [0.717, 1.165) is 0 Å². The van der Waals surface area contributed by atoms with Gasteiger partial charge in [0, 0.05) is 21.6 Å². The molecular formula is C11H14Cl2O3S. The Morgan fingerprint density at radius 3 is 2.65 bits per heavy atom. The molecule has 0 amide bonds. The lowest BCUT2D eigenvalue weighted by Gasteiger charge is -2.14. The largest absolute Gasteiger partial charge is 0.493 e. The Balaban J connectivity index is 2.53. The predicted octanol–water partition coefficient (Wildman–Crippen LogP) is 3.31. The third-order valence-corrected chi connectivity index (χ3v) is 3.78. The van der Waals surface area contributed by atoms with Gasteiger partial charge in [-0.25, -0.2) is 8.42 Å². The van der Waals surface area contributed by atoms with Crippen molar-refractivity contribution < 1.29 is 13.2 Å². The van der Waals surface area contributed by atoms with Crippen molar-refractivity contribution in [2.75, 3.05) is 12.4 Å². The number of rotatable bonds is 6. The summed E-state index contributed by atoms with van der Waals surface area (Å²) in [4.78, 5) is 0. The number of ether oxygens (including phenoxy) is 1. The van der Waals surface area contributed by atoms with Gasteiger partial charge in [0.15, 0.2) is 0 Å². The summed E-state index contributed by atoms with van der Waals surface area (Å²) in [6.07, 6.45) is 0.687. The second-order valence-corrected chi connectivity index (χ2v) is 7.01. The summed E-state index contributed by atoms with van der Waals surface area (Å²) in [7, 11) is 1.73. The maximum Gasteiger partial charge on any atom is 0.232 e. The minimum Gasteiger partial charge on any atom is -0.493 e. The zero-order valence-electron chi connectivity index (χ0n) is 9.40. The second-order valence-electron chi connectivity index (χ2n) is 3.75. The molecule has 0 heterocycles. The van der Waals surface area contributed by atoms with Gasteiger partial charge >= 0.3 is 0 Å². The molecule has 0 aliphatic carbocycles. The first-order chi connectivity index (χ1) is 7.90. The number of hydrogen-bond donors (Lipinski definition) is 0. The van der Waals surface area contributed by atoms with Crippen LogP contribution in [-0.4, -0.2) is 20.8 Å². The Hall–Kier alpha value is -0.450. The lowest BCUT2D eigenvalue weighted by atomic mass is 10.1. The van der Waals surface area contributed by atoms with E-state index in [0.29, 0.717) is 23.8 Å². The molecule has 6 heteroatoms. The van der Waals surface area contributed by atoms with Gasteiger partial charge in [-0.2, -0.15) is 0 Å². The Morgan fingerprint density at radius 2 is 2.12 bits per heavy atom. The highest BCUT2D eigenvalue weighted by Gasteiger charge is 2.16. The van der Waals surface area contributed by atoms with Crippen molar-refractivity contribution in [1.29, 1.82) is 0 Å². The monoisotopic (exact) mass is 296 g/mol. The van der Waals surface area contributed by atoms with Crippen LogP contribution in [0.4, 0.5) is 0 Å². The fourth-order valence-electron chi connectivity index (χ4n) is 1.34. The van der Waals surface area contributed by atoms with Gasteiger partial charge in [0.05, 0.1) is 12.4 Å². The summed E-state index contributed by atoms with van der Waals surface area (Å²) in [6.45, 7) is 2.21. The molecular weight excluding hydrogens is 283 g/mol. The molecule has 3 nitrogen and oxygen atoms in total. The average molecular weight is 297 g/mol. The third-order valence-electron chi connectivity index (χ3n) is 2.29. The van der Waals surface area contributed by atoms with E-state index in [9.17, 15) is 8.42 Å². The van der Waals surface area contributed by atoms with Crippen LogP contribution in [0, 0.1) is 5.92 Å². The van der Waals surface area contributed by atoms with E-state index < -0.39 is 9.05 Å². The summed E-state index contributed by atoms with van der Waals surface area (Å²) >= 11 is 5.80. The van der Waals surface area contributed by atoms with E-state index in [1.165, 1.54) is 0 Å². The Labute approximate surface area is 111 Å². The minimum atomic E-state index is -3.48. The molecule has 96 valence electrons. The molecule has 0 N–H and O–H groups in total. The Kier molecular flexibility index (Phi) is 5.56. The molecule has 1 aromatic carbocycles. The van der Waals surface area contributed by atoms with Crippen molar-refractivity contribution in [3.8, 4) is 5.75 Å². The molecule has 0 aromatic heterocycles. The smallest absolute Gasteiger partial charge is 0.232 e. The van der Waals surface area contributed by atoms with Gasteiger partial charge < -0.3 is 4.74 Å². The van der Waals surface area contributed by atoms with Crippen LogP contribution in [0.1, 0.15) is 13.3 Å². The Bertz CT molecular complexity index is 460. The van der Waals surface area contributed by atoms with Crippen molar-refractivity contribution in [2.45, 2.75) is 13.3 Å². The number of hydrogen-bond acceptors (Lipinski definition) is 3. The lowest BCUT2D eigenvalue weighted by molar-refractivity contribution is 0.258. The van der Waals surface area contributed by atoms with Gasteiger partial charge in [0.2, 0.25) is 9.05 Å². The van der Waals surface area contributed by atoms with Gasteiger partial charge in [0.1, 0.15) is 5.75 Å². The van der Waals surface area contributed by atoms with Crippen LogP contribution in [0.25, 0.3) is 0 Å². The maximum atomic E-state index is 11.0. The minimum absolute atomic E-state index is 0.0778. The summed E-state index contributed by atoms with van der Waals surface area (Å²) in [6, 6.07) is 6.98. The molecule has 1 unspecified atom stereocenters. The third kappa shape index (κ3) is 6.15.